The maximum absolute atomic E-state index is 13.7. The second-order valence-corrected chi connectivity index (χ2v) is 20.2. The van der Waals surface area contributed by atoms with Crippen molar-refractivity contribution in [3.05, 3.63) is 202 Å². The molecular formula is C69H71N3O18. The molecule has 0 amide bonds. The van der Waals surface area contributed by atoms with Crippen LogP contribution in [-0.2, 0) is 57.5 Å². The summed E-state index contributed by atoms with van der Waals surface area (Å²) in [6.07, 6.45) is 1.51. The maximum atomic E-state index is 13.7. The molecule has 1 heterocycles. The number of esters is 1. The molecule has 0 saturated heterocycles. The molecule has 0 atom stereocenters. The SMILES string of the molecule is COc1cc(COc2cc(COc3cc(COC(=O)c4cn(Cc5cc(OC)cc(OC)c5)nn4)cc(OCc4cc(OCc5cc(OC)cc(OC)c5)cc(OCc5cc(OC)cc(OC)c5)c4)c3)cc(OCc3cc(OC)cc(OC)c3)c2)cc(OC)c1. The standard InChI is InChI=1S/C69H71N3O18/c1-74-52-11-44(12-53(27-52)75-2)35-72-36-68(70-71-72)69(73)90-43-51-25-66(88-41-49-21-62(84-37-45-13-54(76-3)28-55(14-45)77-4)32-63(22-49)85-38-46-15-56(78-5)29-57(16-46)79-6)34-67(26-51)89-42-50-23-64(86-39-47-17-58(80-7)30-59(18-47)81-8)33-65(24-50)87-40-48-19-60(82-9)31-61(20-48)83-10/h11-34,36H,35,37-43H2,1-10H3. The zero-order valence-electron chi connectivity index (χ0n) is 51.8. The topological polar surface area (TPSA) is 205 Å². The summed E-state index contributed by atoms with van der Waals surface area (Å²) in [5, 5.41) is 8.31. The first-order chi connectivity index (χ1) is 43.8. The van der Waals surface area contributed by atoms with Crippen molar-refractivity contribution in [1.82, 2.24) is 15.0 Å². The van der Waals surface area contributed by atoms with Crippen molar-refractivity contribution >= 4 is 5.97 Å². The third-order valence-corrected chi connectivity index (χ3v) is 13.8. The van der Waals surface area contributed by atoms with Gasteiger partial charge in [0.2, 0.25) is 0 Å². The molecule has 21 heteroatoms. The monoisotopic (exact) mass is 1230 g/mol. The Labute approximate surface area is 522 Å². The molecule has 90 heavy (non-hydrogen) atoms. The van der Waals surface area contributed by atoms with Crippen LogP contribution in [0, 0.1) is 0 Å². The third kappa shape index (κ3) is 18.1. The van der Waals surface area contributed by atoms with E-state index in [1.807, 2.05) is 84.9 Å². The second kappa shape index (κ2) is 31.2. The molecule has 9 aromatic rings. The minimum Gasteiger partial charge on any atom is -0.497 e. The molecule has 0 aliphatic rings. The first kappa shape index (κ1) is 63.7. The number of carbonyl (C=O) groups excluding carboxylic acids is 1. The molecule has 0 bridgehead atoms. The molecule has 8 aromatic carbocycles. The summed E-state index contributed by atoms with van der Waals surface area (Å²) >= 11 is 0. The molecule has 0 fully saturated rings. The molecule has 0 unspecified atom stereocenters. The number of methoxy groups -OCH3 is 10. The zero-order chi connectivity index (χ0) is 63.4. The zero-order valence-corrected chi connectivity index (χ0v) is 51.8. The highest BCUT2D eigenvalue weighted by Crippen LogP contribution is 2.34. The normalized spacial score (nSPS) is 10.7. The lowest BCUT2D eigenvalue weighted by Gasteiger charge is -2.16. The molecule has 0 aliphatic heterocycles. The molecule has 470 valence electrons. The highest BCUT2D eigenvalue weighted by Gasteiger charge is 2.17. The highest BCUT2D eigenvalue weighted by molar-refractivity contribution is 5.86. The van der Waals surface area contributed by atoms with Crippen molar-refractivity contribution in [2.75, 3.05) is 71.1 Å². The van der Waals surface area contributed by atoms with Crippen LogP contribution in [0.2, 0.25) is 0 Å². The van der Waals surface area contributed by atoms with Gasteiger partial charge in [-0.05, 0) is 142 Å². The molecule has 0 N–H and O–H groups in total. The summed E-state index contributed by atoms with van der Waals surface area (Å²) in [7, 11) is 15.9. The lowest BCUT2D eigenvalue weighted by molar-refractivity contribution is 0.0464. The summed E-state index contributed by atoms with van der Waals surface area (Å²) in [4.78, 5) is 13.7. The van der Waals surface area contributed by atoms with Crippen molar-refractivity contribution in [2.24, 2.45) is 0 Å². The van der Waals surface area contributed by atoms with Crippen molar-refractivity contribution in [2.45, 2.75) is 52.8 Å². The minimum atomic E-state index is -0.702. The minimum absolute atomic E-state index is 0.00106. The van der Waals surface area contributed by atoms with Gasteiger partial charge in [-0.1, -0.05) is 5.21 Å². The average molecular weight is 1230 g/mol. The van der Waals surface area contributed by atoms with E-state index in [0.29, 0.717) is 109 Å². The quantitative estimate of drug-likeness (QED) is 0.0351. The van der Waals surface area contributed by atoms with Gasteiger partial charge in [-0.25, -0.2) is 9.48 Å². The Morgan fingerprint density at radius 2 is 0.478 bits per heavy atom. The molecule has 0 radical (unpaired) electrons. The van der Waals surface area contributed by atoms with E-state index in [0.717, 1.165) is 27.8 Å². The number of benzene rings is 8. The Bertz CT molecular complexity index is 3410. The molecule has 21 nitrogen and oxygen atoms in total. The number of hydrogen-bond donors (Lipinski definition) is 0. The van der Waals surface area contributed by atoms with Crippen LogP contribution in [0.5, 0.6) is 92.0 Å². The number of aromatic nitrogens is 3. The lowest BCUT2D eigenvalue weighted by atomic mass is 10.1. The number of carbonyl (C=O) groups is 1. The van der Waals surface area contributed by atoms with Crippen molar-refractivity contribution in [1.29, 1.82) is 0 Å². The fraction of sp³-hybridized carbons (Fsp3) is 0.261. The van der Waals surface area contributed by atoms with Crippen LogP contribution >= 0.6 is 0 Å². The third-order valence-electron chi connectivity index (χ3n) is 13.8. The van der Waals surface area contributed by atoms with Gasteiger partial charge in [0.25, 0.3) is 0 Å². The van der Waals surface area contributed by atoms with Crippen LogP contribution in [0.15, 0.2) is 152 Å². The van der Waals surface area contributed by atoms with Crippen LogP contribution in [0.3, 0.4) is 0 Å². The Balaban J connectivity index is 0.998. The summed E-state index contributed by atoms with van der Waals surface area (Å²) in [5.74, 6) is 8.25. The van der Waals surface area contributed by atoms with Gasteiger partial charge in [0.1, 0.15) is 138 Å². The number of nitrogens with zero attached hydrogens (tertiary/aromatic N) is 3. The maximum Gasteiger partial charge on any atom is 0.360 e. The van der Waals surface area contributed by atoms with E-state index in [9.17, 15) is 4.79 Å². The first-order valence-electron chi connectivity index (χ1n) is 28.2. The number of hydrogen-bond acceptors (Lipinski definition) is 20. The smallest absolute Gasteiger partial charge is 0.360 e. The van der Waals surface area contributed by atoms with Crippen molar-refractivity contribution in [3.8, 4) is 92.0 Å². The highest BCUT2D eigenvalue weighted by atomic mass is 16.5. The Morgan fingerprint density at radius 1 is 0.278 bits per heavy atom. The molecule has 0 spiro atoms. The van der Waals surface area contributed by atoms with Gasteiger partial charge < -0.3 is 80.5 Å². The van der Waals surface area contributed by atoms with E-state index < -0.39 is 5.97 Å². The van der Waals surface area contributed by atoms with Gasteiger partial charge in [0, 0.05) is 48.5 Å². The lowest BCUT2D eigenvalue weighted by Crippen LogP contribution is -2.07. The Kier molecular flexibility index (Phi) is 22.1. The van der Waals surface area contributed by atoms with E-state index in [-0.39, 0.29) is 58.5 Å². The Morgan fingerprint density at radius 3 is 0.711 bits per heavy atom. The van der Waals surface area contributed by atoms with Gasteiger partial charge in [-0.15, -0.1) is 5.10 Å². The predicted molar refractivity (Wildman–Crippen MR) is 331 cm³/mol. The van der Waals surface area contributed by atoms with E-state index in [1.54, 1.807) is 132 Å². The fourth-order valence-electron chi connectivity index (χ4n) is 9.28. The van der Waals surface area contributed by atoms with Gasteiger partial charge in [0.05, 0.1) is 83.8 Å². The average Bonchev–Trinajstić information content (AvgIpc) is 3.58. The molecule has 0 aliphatic carbocycles. The van der Waals surface area contributed by atoms with Crippen LogP contribution in [0.25, 0.3) is 0 Å². The van der Waals surface area contributed by atoms with E-state index in [2.05, 4.69) is 10.3 Å². The van der Waals surface area contributed by atoms with Gasteiger partial charge >= 0.3 is 5.97 Å². The van der Waals surface area contributed by atoms with Crippen LogP contribution in [-0.4, -0.2) is 92.1 Å². The molecular weight excluding hydrogens is 1160 g/mol. The van der Waals surface area contributed by atoms with E-state index >= 15 is 0 Å². The molecule has 1 aromatic heterocycles. The largest absolute Gasteiger partial charge is 0.497 e. The van der Waals surface area contributed by atoms with Crippen LogP contribution in [0.1, 0.15) is 55.0 Å². The first-order valence-corrected chi connectivity index (χ1v) is 28.2. The summed E-state index contributed by atoms with van der Waals surface area (Å²) in [6.45, 7) is 0.878. The summed E-state index contributed by atoms with van der Waals surface area (Å²) in [6, 6.07) is 43.9. The predicted octanol–water partition coefficient (Wildman–Crippen LogP) is 12.2. The Hall–Kier alpha value is -10.8. The fourth-order valence-corrected chi connectivity index (χ4v) is 9.28. The second-order valence-electron chi connectivity index (χ2n) is 20.2. The van der Waals surface area contributed by atoms with Crippen molar-refractivity contribution in [3.63, 3.8) is 0 Å². The van der Waals surface area contributed by atoms with E-state index in [1.165, 1.54) is 10.9 Å². The van der Waals surface area contributed by atoms with Gasteiger partial charge in [0.15, 0.2) is 5.69 Å². The number of rotatable bonds is 33. The summed E-state index contributed by atoms with van der Waals surface area (Å²) < 4.78 is 101. The molecule has 0 saturated carbocycles. The van der Waals surface area contributed by atoms with Gasteiger partial charge in [-0.3, -0.25) is 0 Å². The summed E-state index contributed by atoms with van der Waals surface area (Å²) in [5.41, 5.74) is 6.02. The van der Waals surface area contributed by atoms with Crippen molar-refractivity contribution < 1.29 is 85.3 Å². The van der Waals surface area contributed by atoms with Crippen LogP contribution in [0.4, 0.5) is 0 Å². The van der Waals surface area contributed by atoms with Gasteiger partial charge in [-0.2, -0.15) is 0 Å². The molecule has 9 rings (SSSR count). The number of ether oxygens (including phenoxy) is 17. The van der Waals surface area contributed by atoms with Crippen LogP contribution < -0.4 is 75.8 Å². The van der Waals surface area contributed by atoms with E-state index in [4.69, 9.17) is 80.5 Å².